The smallest absolute Gasteiger partial charge is 0.221 e. The molecule has 0 aromatic heterocycles. The van der Waals surface area contributed by atoms with Crippen LogP contribution in [0.25, 0.3) is 0 Å². The van der Waals surface area contributed by atoms with Crippen LogP contribution in [0.15, 0.2) is 53.4 Å². The van der Waals surface area contributed by atoms with E-state index in [-0.39, 0.29) is 41.2 Å². The molecule has 0 fully saturated rings. The van der Waals surface area contributed by atoms with E-state index in [1.54, 1.807) is 43.5 Å². The number of ether oxygens (including phenoxy) is 2. The number of benzene rings is 2. The number of nitrogens with one attached hydrogen (secondary N) is 1. The zero-order valence-corrected chi connectivity index (χ0v) is 15.8. The number of sulfone groups is 1. The summed E-state index contributed by atoms with van der Waals surface area (Å²) in [4.78, 5) is 11.9. The molecular weight excluding hydrogens is 378 g/mol. The zero-order chi connectivity index (χ0) is 19.0. The lowest BCUT2D eigenvalue weighted by Gasteiger charge is -2.09. The fourth-order valence-corrected chi connectivity index (χ4v) is 3.97. The molecule has 0 atom stereocenters. The van der Waals surface area contributed by atoms with Crippen molar-refractivity contribution in [3.05, 3.63) is 53.6 Å². The quantitative estimate of drug-likeness (QED) is 0.658. The molecule has 140 valence electrons. The summed E-state index contributed by atoms with van der Waals surface area (Å²) in [5.74, 6) is 0.715. The van der Waals surface area contributed by atoms with Gasteiger partial charge in [-0.1, -0.05) is 23.7 Å². The summed E-state index contributed by atoms with van der Waals surface area (Å²) in [6, 6.07) is 13.2. The molecule has 0 saturated carbocycles. The van der Waals surface area contributed by atoms with Gasteiger partial charge in [-0.2, -0.15) is 0 Å². The molecule has 0 heterocycles. The molecule has 0 aliphatic rings. The molecule has 0 unspecified atom stereocenters. The van der Waals surface area contributed by atoms with Crippen molar-refractivity contribution < 1.29 is 22.7 Å². The lowest BCUT2D eigenvalue weighted by atomic mass is 10.3. The maximum absolute atomic E-state index is 12.2. The van der Waals surface area contributed by atoms with Gasteiger partial charge in [0.05, 0.1) is 29.3 Å². The first-order valence-electron chi connectivity index (χ1n) is 7.93. The number of amides is 1. The van der Waals surface area contributed by atoms with Crippen molar-refractivity contribution in [1.29, 1.82) is 0 Å². The Morgan fingerprint density at radius 2 is 1.73 bits per heavy atom. The van der Waals surface area contributed by atoms with Crippen molar-refractivity contribution in [1.82, 2.24) is 5.32 Å². The number of halogens is 1. The second kappa shape index (κ2) is 9.45. The van der Waals surface area contributed by atoms with E-state index in [1.807, 2.05) is 0 Å². The second-order valence-electron chi connectivity index (χ2n) is 5.37. The molecule has 8 heteroatoms. The predicted octanol–water partition coefficient (Wildman–Crippen LogP) is 2.71. The molecule has 2 aromatic rings. The summed E-state index contributed by atoms with van der Waals surface area (Å²) in [5, 5.41) is 2.78. The third-order valence-electron chi connectivity index (χ3n) is 3.52. The Bertz CT molecular complexity index is 837. The van der Waals surface area contributed by atoms with E-state index in [1.165, 1.54) is 12.1 Å². The van der Waals surface area contributed by atoms with Gasteiger partial charge in [0.25, 0.3) is 0 Å². The Morgan fingerprint density at radius 3 is 2.38 bits per heavy atom. The second-order valence-corrected chi connectivity index (χ2v) is 7.86. The normalized spacial score (nSPS) is 11.0. The van der Waals surface area contributed by atoms with Crippen molar-refractivity contribution in [3.63, 3.8) is 0 Å². The predicted molar refractivity (Wildman–Crippen MR) is 99.6 cm³/mol. The highest BCUT2D eigenvalue weighted by molar-refractivity contribution is 7.91. The summed E-state index contributed by atoms with van der Waals surface area (Å²) in [6.07, 6.45) is -0.143. The van der Waals surface area contributed by atoms with E-state index >= 15 is 0 Å². The number of rotatable bonds is 9. The lowest BCUT2D eigenvalue weighted by molar-refractivity contribution is -0.120. The summed E-state index contributed by atoms with van der Waals surface area (Å²) >= 11 is 5.90. The van der Waals surface area contributed by atoms with Gasteiger partial charge in [-0.15, -0.1) is 0 Å². The highest BCUT2D eigenvalue weighted by atomic mass is 35.5. The van der Waals surface area contributed by atoms with Crippen molar-refractivity contribution in [2.75, 3.05) is 26.0 Å². The number of carbonyl (C=O) groups is 1. The fraction of sp³-hybridized carbons (Fsp3) is 0.278. The van der Waals surface area contributed by atoms with E-state index < -0.39 is 9.84 Å². The third kappa shape index (κ3) is 5.93. The molecule has 0 aliphatic carbocycles. The maximum Gasteiger partial charge on any atom is 0.221 e. The summed E-state index contributed by atoms with van der Waals surface area (Å²) < 4.78 is 35.0. The first-order valence-corrected chi connectivity index (χ1v) is 9.96. The highest BCUT2D eigenvalue weighted by Crippen LogP contribution is 2.22. The molecule has 1 N–H and O–H groups in total. The van der Waals surface area contributed by atoms with Crippen LogP contribution >= 0.6 is 11.6 Å². The van der Waals surface area contributed by atoms with E-state index in [4.69, 9.17) is 21.1 Å². The van der Waals surface area contributed by atoms with Gasteiger partial charge in [-0.3, -0.25) is 4.79 Å². The molecule has 0 bridgehead atoms. The van der Waals surface area contributed by atoms with Crippen molar-refractivity contribution in [2.24, 2.45) is 0 Å². The van der Waals surface area contributed by atoms with Crippen LogP contribution in [-0.4, -0.2) is 40.3 Å². The van der Waals surface area contributed by atoms with Crippen LogP contribution in [0.4, 0.5) is 0 Å². The number of carbonyl (C=O) groups excluding carboxylic acids is 1. The van der Waals surface area contributed by atoms with Crippen LogP contribution in [-0.2, 0) is 14.6 Å². The Kier molecular flexibility index (Phi) is 7.29. The lowest BCUT2D eigenvalue weighted by Crippen LogP contribution is -2.29. The summed E-state index contributed by atoms with van der Waals surface area (Å²) in [7, 11) is -2.02. The van der Waals surface area contributed by atoms with Gasteiger partial charge >= 0.3 is 0 Å². The van der Waals surface area contributed by atoms with Gasteiger partial charge in [-0.25, -0.2) is 8.42 Å². The van der Waals surface area contributed by atoms with Gasteiger partial charge in [-0.05, 0) is 36.4 Å². The first-order chi connectivity index (χ1) is 12.4. The Hall–Kier alpha value is -2.25. The molecule has 26 heavy (non-hydrogen) atoms. The molecule has 0 saturated heterocycles. The van der Waals surface area contributed by atoms with Crippen LogP contribution in [0, 0.1) is 0 Å². The van der Waals surface area contributed by atoms with Crippen LogP contribution in [0.5, 0.6) is 11.5 Å². The van der Waals surface area contributed by atoms with Crippen LogP contribution < -0.4 is 14.8 Å². The standard InChI is InChI=1S/C18H20ClNO5S/c1-24-14-6-8-15(9-7-14)25-12-11-20-18(21)10-13-26(22,23)17-5-3-2-4-16(17)19/h2-9H,10-13H2,1H3,(H,20,21). The maximum atomic E-state index is 12.2. The molecule has 2 rings (SSSR count). The third-order valence-corrected chi connectivity index (χ3v) is 5.73. The molecule has 0 radical (unpaired) electrons. The highest BCUT2D eigenvalue weighted by Gasteiger charge is 2.19. The largest absolute Gasteiger partial charge is 0.497 e. The minimum atomic E-state index is -3.60. The van der Waals surface area contributed by atoms with E-state index in [0.717, 1.165) is 5.75 Å². The molecule has 0 spiro atoms. The zero-order valence-electron chi connectivity index (χ0n) is 14.3. The van der Waals surface area contributed by atoms with Gasteiger partial charge in [0.15, 0.2) is 9.84 Å². The van der Waals surface area contributed by atoms with Crippen molar-refractivity contribution >= 4 is 27.3 Å². The van der Waals surface area contributed by atoms with Crippen LogP contribution in [0.2, 0.25) is 5.02 Å². The molecule has 1 amide bonds. The summed E-state index contributed by atoms with van der Waals surface area (Å²) in [6.45, 7) is 0.548. The first kappa shape index (κ1) is 20.1. The van der Waals surface area contributed by atoms with Gasteiger partial charge < -0.3 is 14.8 Å². The Morgan fingerprint density at radius 1 is 1.08 bits per heavy atom. The van der Waals surface area contributed by atoms with Gasteiger partial charge in [0.2, 0.25) is 5.91 Å². The van der Waals surface area contributed by atoms with Crippen molar-refractivity contribution in [2.45, 2.75) is 11.3 Å². The number of hydrogen-bond donors (Lipinski definition) is 1. The van der Waals surface area contributed by atoms with Crippen molar-refractivity contribution in [3.8, 4) is 11.5 Å². The summed E-state index contributed by atoms with van der Waals surface area (Å²) in [5.41, 5.74) is 0. The molecule has 0 aliphatic heterocycles. The van der Waals surface area contributed by atoms with E-state index in [9.17, 15) is 13.2 Å². The monoisotopic (exact) mass is 397 g/mol. The average molecular weight is 398 g/mol. The van der Waals surface area contributed by atoms with E-state index in [0.29, 0.717) is 5.75 Å². The number of methoxy groups -OCH3 is 1. The van der Waals surface area contributed by atoms with Gasteiger partial charge in [0, 0.05) is 6.42 Å². The minimum absolute atomic E-state index is 0.0392. The fourth-order valence-electron chi connectivity index (χ4n) is 2.15. The number of hydrogen-bond acceptors (Lipinski definition) is 5. The molecular formula is C18H20ClNO5S. The SMILES string of the molecule is COc1ccc(OCCNC(=O)CCS(=O)(=O)c2ccccc2Cl)cc1. The molecule has 6 nitrogen and oxygen atoms in total. The Labute approximate surface area is 158 Å². The van der Waals surface area contributed by atoms with E-state index in [2.05, 4.69) is 5.32 Å². The van der Waals surface area contributed by atoms with Crippen LogP contribution in [0.3, 0.4) is 0 Å². The minimum Gasteiger partial charge on any atom is -0.497 e. The molecule has 2 aromatic carbocycles. The van der Waals surface area contributed by atoms with Crippen LogP contribution in [0.1, 0.15) is 6.42 Å². The average Bonchev–Trinajstić information content (AvgIpc) is 2.64. The Balaban J connectivity index is 1.72. The topological polar surface area (TPSA) is 81.7 Å². The van der Waals surface area contributed by atoms with Gasteiger partial charge in [0.1, 0.15) is 18.1 Å².